The first-order valence-electron chi connectivity index (χ1n) is 13.6. The Labute approximate surface area is 220 Å². The lowest BCUT2D eigenvalue weighted by atomic mass is 9.97. The number of rotatable bonds is 4. The van der Waals surface area contributed by atoms with Gasteiger partial charge >= 0.3 is 0 Å². The second-order valence-electron chi connectivity index (χ2n) is 10.4. The van der Waals surface area contributed by atoms with Crippen molar-refractivity contribution in [2.24, 2.45) is 0 Å². The maximum absolute atomic E-state index is 6.30. The average molecular weight is 494 g/mol. The summed E-state index contributed by atoms with van der Waals surface area (Å²) < 4.78 is 12.6. The van der Waals surface area contributed by atoms with E-state index in [1.54, 1.807) is 0 Å². The molecular formula is C35H27NO2. The molecule has 38 heavy (non-hydrogen) atoms. The van der Waals surface area contributed by atoms with Crippen molar-refractivity contribution >= 4 is 60.9 Å². The summed E-state index contributed by atoms with van der Waals surface area (Å²) in [6, 6.07) is 38.6. The molecule has 0 amide bonds. The molecule has 2 aromatic heterocycles. The maximum Gasteiger partial charge on any atom is 0.137 e. The number of nitrogens with zero attached hydrogens (tertiary/aromatic N) is 1. The molecule has 0 radical (unpaired) electrons. The van der Waals surface area contributed by atoms with Gasteiger partial charge in [-0.15, -0.1) is 0 Å². The van der Waals surface area contributed by atoms with Crippen molar-refractivity contribution in [3.05, 3.63) is 115 Å². The SMILES string of the molecule is c1ccc2c(c1)oc1cccc(N(c3ccc(C4CCCC4)cc3)c3cccc4oc5ccccc5c34)c12. The summed E-state index contributed by atoms with van der Waals surface area (Å²) in [6.07, 6.45) is 5.26. The number of para-hydroxylation sites is 2. The molecule has 2 heterocycles. The molecule has 3 heteroatoms. The molecule has 1 saturated carbocycles. The number of benzene rings is 5. The van der Waals surface area contributed by atoms with Crippen LogP contribution in [-0.4, -0.2) is 0 Å². The molecule has 0 saturated heterocycles. The summed E-state index contributed by atoms with van der Waals surface area (Å²) in [6.45, 7) is 0. The van der Waals surface area contributed by atoms with Crippen LogP contribution in [0.5, 0.6) is 0 Å². The lowest BCUT2D eigenvalue weighted by Crippen LogP contribution is -2.11. The van der Waals surface area contributed by atoms with Gasteiger partial charge in [-0.25, -0.2) is 0 Å². The molecule has 0 spiro atoms. The Morgan fingerprint density at radius 2 is 1.00 bits per heavy atom. The molecule has 7 aromatic rings. The Balaban J connectivity index is 1.42. The molecule has 8 rings (SSSR count). The van der Waals surface area contributed by atoms with E-state index in [-0.39, 0.29) is 0 Å². The molecule has 0 aliphatic heterocycles. The minimum atomic E-state index is 0.681. The molecule has 1 fully saturated rings. The van der Waals surface area contributed by atoms with Gasteiger partial charge in [0.15, 0.2) is 0 Å². The third kappa shape index (κ3) is 3.28. The van der Waals surface area contributed by atoms with Crippen LogP contribution in [0.3, 0.4) is 0 Å². The highest BCUT2D eigenvalue weighted by molar-refractivity contribution is 6.17. The average Bonchev–Trinajstić information content (AvgIpc) is 3.71. The van der Waals surface area contributed by atoms with Crippen LogP contribution in [0.1, 0.15) is 37.2 Å². The summed E-state index contributed by atoms with van der Waals surface area (Å²) in [7, 11) is 0. The monoisotopic (exact) mass is 493 g/mol. The Morgan fingerprint density at radius 3 is 1.55 bits per heavy atom. The molecule has 5 aromatic carbocycles. The normalized spacial score (nSPS) is 14.3. The zero-order chi connectivity index (χ0) is 25.1. The van der Waals surface area contributed by atoms with E-state index in [1.807, 2.05) is 24.3 Å². The number of hydrogen-bond donors (Lipinski definition) is 0. The van der Waals surface area contributed by atoms with Gasteiger partial charge in [-0.2, -0.15) is 0 Å². The van der Waals surface area contributed by atoms with Crippen LogP contribution < -0.4 is 4.90 Å². The van der Waals surface area contributed by atoms with Gasteiger partial charge in [-0.1, -0.05) is 73.5 Å². The highest BCUT2D eigenvalue weighted by Gasteiger charge is 2.23. The highest BCUT2D eigenvalue weighted by Crippen LogP contribution is 2.47. The van der Waals surface area contributed by atoms with Gasteiger partial charge in [0.25, 0.3) is 0 Å². The van der Waals surface area contributed by atoms with Gasteiger partial charge in [0.1, 0.15) is 22.3 Å². The number of fused-ring (bicyclic) bond motifs is 6. The third-order valence-electron chi connectivity index (χ3n) is 8.22. The first kappa shape index (κ1) is 21.6. The molecular weight excluding hydrogens is 466 g/mol. The van der Waals surface area contributed by atoms with Gasteiger partial charge in [0.05, 0.1) is 22.1 Å². The van der Waals surface area contributed by atoms with E-state index >= 15 is 0 Å². The predicted octanol–water partition coefficient (Wildman–Crippen LogP) is 10.6. The van der Waals surface area contributed by atoms with Crippen LogP contribution >= 0.6 is 0 Å². The van der Waals surface area contributed by atoms with E-state index in [4.69, 9.17) is 8.83 Å². The highest BCUT2D eigenvalue weighted by atomic mass is 16.3. The molecule has 0 atom stereocenters. The van der Waals surface area contributed by atoms with Crippen molar-refractivity contribution < 1.29 is 8.83 Å². The lowest BCUT2D eigenvalue weighted by Gasteiger charge is -2.27. The molecule has 1 aliphatic carbocycles. The fourth-order valence-corrected chi connectivity index (χ4v) is 6.45. The van der Waals surface area contributed by atoms with Gasteiger partial charge in [-0.05, 0) is 72.9 Å². The van der Waals surface area contributed by atoms with Crippen molar-refractivity contribution in [2.75, 3.05) is 4.90 Å². The standard InChI is InChI=1S/C35H27NO2/c1-2-10-23(9-1)24-19-21-25(22-20-24)36(28-13-7-17-32-34(28)26-11-3-5-15-30(26)37-32)29-14-8-18-33-35(29)27-12-4-6-16-31(27)38-33/h3-8,11-23H,1-2,9-10H2. The molecule has 0 bridgehead atoms. The zero-order valence-corrected chi connectivity index (χ0v) is 21.1. The second-order valence-corrected chi connectivity index (χ2v) is 10.4. The van der Waals surface area contributed by atoms with Crippen LogP contribution in [0.25, 0.3) is 43.9 Å². The Bertz CT molecular complexity index is 1820. The van der Waals surface area contributed by atoms with Crippen LogP contribution in [0.15, 0.2) is 118 Å². The van der Waals surface area contributed by atoms with Crippen molar-refractivity contribution in [2.45, 2.75) is 31.6 Å². The van der Waals surface area contributed by atoms with Crippen LogP contribution in [0.4, 0.5) is 17.1 Å². The van der Waals surface area contributed by atoms with E-state index in [0.29, 0.717) is 5.92 Å². The minimum Gasteiger partial charge on any atom is -0.456 e. The Morgan fingerprint density at radius 1 is 0.500 bits per heavy atom. The summed E-state index contributed by atoms with van der Waals surface area (Å²) in [4.78, 5) is 2.38. The van der Waals surface area contributed by atoms with E-state index in [2.05, 4.69) is 89.8 Å². The van der Waals surface area contributed by atoms with Gasteiger partial charge in [0.2, 0.25) is 0 Å². The van der Waals surface area contributed by atoms with Crippen LogP contribution in [-0.2, 0) is 0 Å². The maximum atomic E-state index is 6.30. The van der Waals surface area contributed by atoms with Crippen LogP contribution in [0.2, 0.25) is 0 Å². The first-order valence-corrected chi connectivity index (χ1v) is 13.6. The fraction of sp³-hybridized carbons (Fsp3) is 0.143. The largest absolute Gasteiger partial charge is 0.456 e. The summed E-state index contributed by atoms with van der Waals surface area (Å²) >= 11 is 0. The van der Waals surface area contributed by atoms with Crippen molar-refractivity contribution in [1.29, 1.82) is 0 Å². The molecule has 1 aliphatic rings. The topological polar surface area (TPSA) is 29.5 Å². The van der Waals surface area contributed by atoms with E-state index in [1.165, 1.54) is 31.2 Å². The predicted molar refractivity (Wildman–Crippen MR) is 157 cm³/mol. The Kier molecular flexibility index (Phi) is 4.84. The Hall–Kier alpha value is -4.50. The first-order chi connectivity index (χ1) is 18.8. The van der Waals surface area contributed by atoms with Crippen LogP contribution in [0, 0.1) is 0 Å². The number of hydrogen-bond acceptors (Lipinski definition) is 3. The summed E-state index contributed by atoms with van der Waals surface area (Å²) in [5, 5.41) is 4.48. The smallest absolute Gasteiger partial charge is 0.137 e. The van der Waals surface area contributed by atoms with E-state index in [9.17, 15) is 0 Å². The zero-order valence-electron chi connectivity index (χ0n) is 21.1. The number of furan rings is 2. The van der Waals surface area contributed by atoms with Gasteiger partial charge in [0, 0.05) is 16.5 Å². The van der Waals surface area contributed by atoms with Gasteiger partial charge in [-0.3, -0.25) is 0 Å². The molecule has 184 valence electrons. The number of anilines is 3. The molecule has 3 nitrogen and oxygen atoms in total. The quantitative estimate of drug-likeness (QED) is 0.244. The third-order valence-corrected chi connectivity index (χ3v) is 8.22. The summed E-state index contributed by atoms with van der Waals surface area (Å²) in [5.41, 5.74) is 8.35. The summed E-state index contributed by atoms with van der Waals surface area (Å²) in [5.74, 6) is 0.681. The molecule has 0 N–H and O–H groups in total. The molecule has 0 unspecified atom stereocenters. The van der Waals surface area contributed by atoms with Crippen molar-refractivity contribution in [1.82, 2.24) is 0 Å². The fourth-order valence-electron chi connectivity index (χ4n) is 6.45. The van der Waals surface area contributed by atoms with Gasteiger partial charge < -0.3 is 13.7 Å². The second kappa shape index (κ2) is 8.53. The minimum absolute atomic E-state index is 0.681. The van der Waals surface area contributed by atoms with E-state index in [0.717, 1.165) is 60.9 Å². The van der Waals surface area contributed by atoms with Crippen molar-refractivity contribution in [3.8, 4) is 0 Å². The lowest BCUT2D eigenvalue weighted by molar-refractivity contribution is 0.668. The van der Waals surface area contributed by atoms with Crippen molar-refractivity contribution in [3.63, 3.8) is 0 Å². The van der Waals surface area contributed by atoms with E-state index < -0.39 is 0 Å².